The fourth-order valence-corrected chi connectivity index (χ4v) is 5.56. The first-order valence-corrected chi connectivity index (χ1v) is 11.1. The molecule has 0 aromatic carbocycles. The van der Waals surface area contributed by atoms with Gasteiger partial charge in [0.25, 0.3) is 0 Å². The van der Waals surface area contributed by atoms with E-state index in [2.05, 4.69) is 0 Å². The van der Waals surface area contributed by atoms with Crippen molar-refractivity contribution in [1.29, 1.82) is 0 Å². The molecule has 5 unspecified atom stereocenters. The molecule has 0 radical (unpaired) electrons. The topological polar surface area (TPSA) is 110 Å². The molecule has 1 aliphatic heterocycles. The number of hydrogen-bond donors (Lipinski definition) is 3. The minimum absolute atomic E-state index is 0.0728. The summed E-state index contributed by atoms with van der Waals surface area (Å²) in [6.07, 6.45) is 12.2. The highest BCUT2D eigenvalue weighted by molar-refractivity contribution is 5.87. The fraction of sp³-hybridized carbons (Fsp3) is 0.818. The van der Waals surface area contributed by atoms with Gasteiger partial charge in [-0.15, -0.1) is 0 Å². The Kier molecular flexibility index (Phi) is 7.52. The Hall–Kier alpha value is -1.40. The monoisotopic (exact) mass is 391 g/mol. The van der Waals surface area contributed by atoms with Gasteiger partial charge in [-0.2, -0.15) is 0 Å². The largest absolute Gasteiger partial charge is 0.392 e. The van der Waals surface area contributed by atoms with E-state index in [0.29, 0.717) is 18.8 Å². The summed E-state index contributed by atoms with van der Waals surface area (Å²) in [7, 11) is 0. The number of piperidine rings is 1. The predicted octanol–water partition coefficient (Wildman–Crippen LogP) is 1.81. The molecule has 3 rings (SSSR count). The average Bonchev–Trinajstić information content (AvgIpc) is 2.73. The maximum absolute atomic E-state index is 12.6. The summed E-state index contributed by atoms with van der Waals surface area (Å²) in [5.41, 5.74) is 11.3. The lowest BCUT2D eigenvalue weighted by Gasteiger charge is -2.39. The highest BCUT2D eigenvalue weighted by atomic mass is 16.3. The maximum atomic E-state index is 12.6. The number of allylic oxidation sites excluding steroid dienone is 1. The van der Waals surface area contributed by atoms with E-state index in [1.165, 1.54) is 25.7 Å². The SMILES string of the molecule is NCC1CCCC(C2CCN(C(=O)/C=C/C3CCC(O)C(C(N)=O)C3)CC2)C1. The molecule has 1 saturated heterocycles. The normalized spacial score (nSPS) is 35.2. The van der Waals surface area contributed by atoms with Crippen molar-refractivity contribution < 1.29 is 14.7 Å². The molecule has 0 aromatic heterocycles. The van der Waals surface area contributed by atoms with Gasteiger partial charge >= 0.3 is 0 Å². The number of aliphatic hydroxyl groups is 1. The number of hydrogen-bond acceptors (Lipinski definition) is 4. The van der Waals surface area contributed by atoms with Crippen LogP contribution in [0.15, 0.2) is 12.2 Å². The zero-order chi connectivity index (χ0) is 20.1. The van der Waals surface area contributed by atoms with Gasteiger partial charge < -0.3 is 21.5 Å². The van der Waals surface area contributed by atoms with Crippen molar-refractivity contribution in [2.45, 2.75) is 63.9 Å². The Morgan fingerprint density at radius 2 is 1.75 bits per heavy atom. The van der Waals surface area contributed by atoms with E-state index >= 15 is 0 Å². The third kappa shape index (κ3) is 5.35. The highest BCUT2D eigenvalue weighted by Gasteiger charge is 2.33. The quantitative estimate of drug-likeness (QED) is 0.621. The highest BCUT2D eigenvalue weighted by Crippen LogP contribution is 2.38. The van der Waals surface area contributed by atoms with Crippen LogP contribution in [-0.2, 0) is 9.59 Å². The summed E-state index contributed by atoms with van der Waals surface area (Å²) in [4.78, 5) is 26.0. The molecule has 0 spiro atoms. The van der Waals surface area contributed by atoms with E-state index in [1.807, 2.05) is 11.0 Å². The van der Waals surface area contributed by atoms with Crippen LogP contribution in [0, 0.1) is 29.6 Å². The van der Waals surface area contributed by atoms with Crippen molar-refractivity contribution in [3.05, 3.63) is 12.2 Å². The molecule has 158 valence electrons. The standard InChI is InChI=1S/C22H37N3O3/c23-14-16-2-1-3-18(12-16)17-8-10-25(11-9-17)21(27)7-5-15-4-6-20(26)19(13-15)22(24)28/h5,7,15-20,26H,1-4,6,8-14,23H2,(H2,24,28)/b7-5+. The number of carbonyl (C=O) groups is 2. The Balaban J connectivity index is 1.45. The van der Waals surface area contributed by atoms with E-state index in [1.54, 1.807) is 6.08 Å². The molecule has 2 aliphatic carbocycles. The van der Waals surface area contributed by atoms with Crippen molar-refractivity contribution in [2.75, 3.05) is 19.6 Å². The summed E-state index contributed by atoms with van der Waals surface area (Å²) in [5, 5.41) is 9.90. The smallest absolute Gasteiger partial charge is 0.246 e. The number of rotatable bonds is 5. The van der Waals surface area contributed by atoms with Crippen LogP contribution in [0.2, 0.25) is 0 Å². The Morgan fingerprint density at radius 1 is 1.00 bits per heavy atom. The Labute approximate surface area is 168 Å². The molecule has 0 bridgehead atoms. The van der Waals surface area contributed by atoms with E-state index in [0.717, 1.165) is 50.7 Å². The number of likely N-dealkylation sites (tertiary alicyclic amines) is 1. The lowest BCUT2D eigenvalue weighted by Crippen LogP contribution is -2.40. The van der Waals surface area contributed by atoms with Crippen LogP contribution < -0.4 is 11.5 Å². The minimum Gasteiger partial charge on any atom is -0.392 e. The van der Waals surface area contributed by atoms with Gasteiger partial charge in [-0.3, -0.25) is 9.59 Å². The van der Waals surface area contributed by atoms with E-state index in [-0.39, 0.29) is 11.8 Å². The number of primary amides is 1. The maximum Gasteiger partial charge on any atom is 0.246 e. The van der Waals surface area contributed by atoms with Gasteiger partial charge in [0, 0.05) is 13.1 Å². The summed E-state index contributed by atoms with van der Waals surface area (Å²) < 4.78 is 0. The lowest BCUT2D eigenvalue weighted by molar-refractivity contribution is -0.128. The third-order valence-corrected chi connectivity index (χ3v) is 7.41. The van der Waals surface area contributed by atoms with Crippen molar-refractivity contribution in [2.24, 2.45) is 41.1 Å². The van der Waals surface area contributed by atoms with Crippen LogP contribution in [0.3, 0.4) is 0 Å². The van der Waals surface area contributed by atoms with Gasteiger partial charge in [0.2, 0.25) is 11.8 Å². The summed E-state index contributed by atoms with van der Waals surface area (Å²) in [6.45, 7) is 2.49. The predicted molar refractivity (Wildman–Crippen MR) is 109 cm³/mol. The van der Waals surface area contributed by atoms with Crippen LogP contribution in [0.5, 0.6) is 0 Å². The molecule has 5 N–H and O–H groups in total. The number of nitrogens with two attached hydrogens (primary N) is 2. The van der Waals surface area contributed by atoms with Gasteiger partial charge in [0.05, 0.1) is 12.0 Å². The second-order valence-electron chi connectivity index (χ2n) is 9.20. The lowest BCUT2D eigenvalue weighted by atomic mass is 9.72. The molecular weight excluding hydrogens is 354 g/mol. The van der Waals surface area contributed by atoms with Crippen LogP contribution in [0.1, 0.15) is 57.8 Å². The van der Waals surface area contributed by atoms with Crippen LogP contribution >= 0.6 is 0 Å². The van der Waals surface area contributed by atoms with Crippen LogP contribution in [0.4, 0.5) is 0 Å². The van der Waals surface area contributed by atoms with E-state index in [4.69, 9.17) is 11.5 Å². The Morgan fingerprint density at radius 3 is 2.43 bits per heavy atom. The summed E-state index contributed by atoms with van der Waals surface area (Å²) in [5.74, 6) is 1.48. The van der Waals surface area contributed by atoms with Gasteiger partial charge in [-0.25, -0.2) is 0 Å². The molecule has 3 aliphatic rings. The molecule has 2 amide bonds. The first-order valence-electron chi connectivity index (χ1n) is 11.1. The fourth-order valence-electron chi connectivity index (χ4n) is 5.56. The first-order chi connectivity index (χ1) is 13.5. The van der Waals surface area contributed by atoms with E-state index in [9.17, 15) is 14.7 Å². The molecular formula is C22H37N3O3. The molecule has 0 aromatic rings. The van der Waals surface area contributed by atoms with Gasteiger partial charge in [0.1, 0.15) is 0 Å². The number of nitrogens with zero attached hydrogens (tertiary/aromatic N) is 1. The van der Waals surface area contributed by atoms with Crippen LogP contribution in [0.25, 0.3) is 0 Å². The molecule has 6 nitrogen and oxygen atoms in total. The summed E-state index contributed by atoms with van der Waals surface area (Å²) >= 11 is 0. The summed E-state index contributed by atoms with van der Waals surface area (Å²) in [6, 6.07) is 0. The van der Waals surface area contributed by atoms with Gasteiger partial charge in [0.15, 0.2) is 0 Å². The van der Waals surface area contributed by atoms with Crippen molar-refractivity contribution in [3.63, 3.8) is 0 Å². The minimum atomic E-state index is -0.643. The molecule has 5 atom stereocenters. The molecule has 1 heterocycles. The second kappa shape index (κ2) is 9.88. The van der Waals surface area contributed by atoms with Crippen molar-refractivity contribution in [1.82, 2.24) is 4.90 Å². The van der Waals surface area contributed by atoms with Crippen LogP contribution in [-0.4, -0.2) is 47.6 Å². The zero-order valence-corrected chi connectivity index (χ0v) is 17.0. The number of carbonyl (C=O) groups excluding carboxylic acids is 2. The molecule has 2 saturated carbocycles. The molecule has 28 heavy (non-hydrogen) atoms. The van der Waals surface area contributed by atoms with Crippen molar-refractivity contribution in [3.8, 4) is 0 Å². The number of amides is 2. The van der Waals surface area contributed by atoms with E-state index < -0.39 is 17.9 Å². The molecule has 3 fully saturated rings. The van der Waals surface area contributed by atoms with Crippen molar-refractivity contribution >= 4 is 11.8 Å². The van der Waals surface area contributed by atoms with Gasteiger partial charge in [-0.05, 0) is 81.2 Å². The first kappa shape index (κ1) is 21.3. The molecule has 6 heteroatoms. The average molecular weight is 392 g/mol. The Bertz CT molecular complexity index is 571. The zero-order valence-electron chi connectivity index (χ0n) is 17.0. The van der Waals surface area contributed by atoms with Gasteiger partial charge in [-0.1, -0.05) is 18.9 Å². The number of aliphatic hydroxyl groups excluding tert-OH is 1. The second-order valence-corrected chi connectivity index (χ2v) is 9.20. The third-order valence-electron chi connectivity index (χ3n) is 7.41.